The van der Waals surface area contributed by atoms with E-state index in [1.54, 1.807) is 6.20 Å². The van der Waals surface area contributed by atoms with Crippen LogP contribution in [0.5, 0.6) is 0 Å². The molecule has 0 radical (unpaired) electrons. The molecule has 0 fully saturated rings. The van der Waals surface area contributed by atoms with Gasteiger partial charge in [-0.15, -0.1) is 0 Å². The Labute approximate surface area is 106 Å². The van der Waals surface area contributed by atoms with E-state index in [9.17, 15) is 8.42 Å². The predicted octanol–water partition coefficient (Wildman–Crippen LogP) is 0.591. The van der Waals surface area contributed by atoms with Crippen molar-refractivity contribution in [2.45, 2.75) is 0 Å². The zero-order chi connectivity index (χ0) is 13.0. The maximum Gasteiger partial charge on any atom is 0.223 e. The summed E-state index contributed by atoms with van der Waals surface area (Å²) in [5.74, 6) is 0.416. The highest BCUT2D eigenvalue weighted by atomic mass is 32.2. The number of anilines is 1. The summed E-state index contributed by atoms with van der Waals surface area (Å²) < 4.78 is 24.7. The molecule has 0 saturated carbocycles. The fourth-order valence-corrected chi connectivity index (χ4v) is 2.03. The molecule has 2 N–H and O–H groups in total. The summed E-state index contributed by atoms with van der Waals surface area (Å²) in [7, 11) is -1.81. The minimum Gasteiger partial charge on any atom is -0.353 e. The fourth-order valence-electron chi connectivity index (χ4n) is 1.46. The lowest BCUT2D eigenvalue weighted by Gasteiger charge is -2.05. The topological polar surface area (TPSA) is 84.0 Å². The molecule has 0 amide bonds. The van der Waals surface area contributed by atoms with Crippen molar-refractivity contribution >= 4 is 26.9 Å². The van der Waals surface area contributed by atoms with E-state index in [1.807, 2.05) is 24.3 Å². The van der Waals surface area contributed by atoms with Gasteiger partial charge in [-0.3, -0.25) is 0 Å². The Kier molecular flexibility index (Phi) is 3.73. The largest absolute Gasteiger partial charge is 0.353 e. The van der Waals surface area contributed by atoms with Gasteiger partial charge in [-0.1, -0.05) is 18.2 Å². The number of para-hydroxylation sites is 1. The molecule has 0 aliphatic rings. The highest BCUT2D eigenvalue weighted by Gasteiger charge is 2.06. The molecule has 0 spiro atoms. The number of sulfonamides is 1. The third-order valence-electron chi connectivity index (χ3n) is 2.45. The van der Waals surface area contributed by atoms with Gasteiger partial charge in [0.25, 0.3) is 0 Å². The first-order chi connectivity index (χ1) is 8.61. The zero-order valence-electron chi connectivity index (χ0n) is 9.92. The molecule has 6 nitrogen and oxygen atoms in total. The lowest BCUT2D eigenvalue weighted by Crippen LogP contribution is -2.26. The number of rotatable bonds is 5. The quantitative estimate of drug-likeness (QED) is 0.827. The molecule has 0 aliphatic heterocycles. The summed E-state index contributed by atoms with van der Waals surface area (Å²) in [4.78, 5) is 8.40. The van der Waals surface area contributed by atoms with Gasteiger partial charge in [0.1, 0.15) is 0 Å². The third-order valence-corrected chi connectivity index (χ3v) is 3.82. The van der Waals surface area contributed by atoms with E-state index in [1.165, 1.54) is 7.05 Å². The Balaban J connectivity index is 2.04. The third kappa shape index (κ3) is 3.14. The number of hydrogen-bond acceptors (Lipinski definition) is 5. The van der Waals surface area contributed by atoms with Crippen LogP contribution < -0.4 is 10.0 Å². The van der Waals surface area contributed by atoms with E-state index in [4.69, 9.17) is 0 Å². The Morgan fingerprint density at radius 2 is 2.06 bits per heavy atom. The first kappa shape index (κ1) is 12.7. The maximum atomic E-state index is 11.2. The first-order valence-electron chi connectivity index (χ1n) is 5.47. The standard InChI is InChI=1S/C11H14N4O2S/c1-12-18(16,17)7-6-13-11-14-8-9-4-2-3-5-10(9)15-11/h2-5,8,12H,6-7H2,1H3,(H,13,14,15). The van der Waals surface area contributed by atoms with Gasteiger partial charge in [0.2, 0.25) is 16.0 Å². The molecule has 96 valence electrons. The number of aromatic nitrogens is 2. The highest BCUT2D eigenvalue weighted by Crippen LogP contribution is 2.11. The van der Waals surface area contributed by atoms with Gasteiger partial charge >= 0.3 is 0 Å². The van der Waals surface area contributed by atoms with Crippen LogP contribution in [0.15, 0.2) is 30.5 Å². The van der Waals surface area contributed by atoms with E-state index < -0.39 is 10.0 Å². The Hall–Kier alpha value is -1.73. The molecule has 0 bridgehead atoms. The van der Waals surface area contributed by atoms with Crippen LogP contribution >= 0.6 is 0 Å². The average molecular weight is 266 g/mol. The smallest absolute Gasteiger partial charge is 0.223 e. The van der Waals surface area contributed by atoms with Crippen molar-refractivity contribution in [3.8, 4) is 0 Å². The van der Waals surface area contributed by atoms with Crippen LogP contribution in [0.25, 0.3) is 10.9 Å². The highest BCUT2D eigenvalue weighted by molar-refractivity contribution is 7.89. The number of fused-ring (bicyclic) bond motifs is 1. The lowest BCUT2D eigenvalue weighted by atomic mass is 10.2. The SMILES string of the molecule is CNS(=O)(=O)CCNc1ncc2ccccc2n1. The van der Waals surface area contributed by atoms with Crippen molar-refractivity contribution in [1.82, 2.24) is 14.7 Å². The summed E-state index contributed by atoms with van der Waals surface area (Å²) in [6.45, 7) is 0.265. The maximum absolute atomic E-state index is 11.2. The molecule has 0 aliphatic carbocycles. The molecule has 18 heavy (non-hydrogen) atoms. The van der Waals surface area contributed by atoms with Gasteiger partial charge in [-0.05, 0) is 13.1 Å². The number of nitrogens with one attached hydrogen (secondary N) is 2. The minimum atomic E-state index is -3.20. The second kappa shape index (κ2) is 5.28. The summed E-state index contributed by atoms with van der Waals surface area (Å²) in [5, 5.41) is 3.84. The molecule has 1 aromatic carbocycles. The Bertz CT molecular complexity index is 642. The van der Waals surface area contributed by atoms with Crippen LogP contribution in [0.4, 0.5) is 5.95 Å². The van der Waals surface area contributed by atoms with Crippen molar-refractivity contribution in [1.29, 1.82) is 0 Å². The molecular weight excluding hydrogens is 252 g/mol. The van der Waals surface area contributed by atoms with E-state index >= 15 is 0 Å². The van der Waals surface area contributed by atoms with Gasteiger partial charge < -0.3 is 5.32 Å². The summed E-state index contributed by atoms with van der Waals surface area (Å²) in [6, 6.07) is 7.61. The molecule has 0 unspecified atom stereocenters. The van der Waals surface area contributed by atoms with Crippen molar-refractivity contribution in [2.24, 2.45) is 0 Å². The van der Waals surface area contributed by atoms with E-state index in [-0.39, 0.29) is 12.3 Å². The average Bonchev–Trinajstić information content (AvgIpc) is 2.38. The van der Waals surface area contributed by atoms with Gasteiger partial charge in [-0.2, -0.15) is 0 Å². The van der Waals surface area contributed by atoms with Gasteiger partial charge in [0.15, 0.2) is 0 Å². The zero-order valence-corrected chi connectivity index (χ0v) is 10.7. The normalized spacial score (nSPS) is 11.6. The first-order valence-corrected chi connectivity index (χ1v) is 7.13. The molecule has 0 atom stereocenters. The molecule has 1 heterocycles. The van der Waals surface area contributed by atoms with Crippen LogP contribution in [-0.4, -0.2) is 37.7 Å². The molecule has 2 aromatic rings. The molecule has 0 saturated heterocycles. The van der Waals surface area contributed by atoms with Crippen LogP contribution in [0.1, 0.15) is 0 Å². The van der Waals surface area contributed by atoms with Crippen molar-refractivity contribution in [2.75, 3.05) is 24.7 Å². The van der Waals surface area contributed by atoms with Crippen LogP contribution in [-0.2, 0) is 10.0 Å². The number of hydrogen-bond donors (Lipinski definition) is 2. The van der Waals surface area contributed by atoms with Gasteiger partial charge in [0, 0.05) is 18.1 Å². The minimum absolute atomic E-state index is 0.0142. The lowest BCUT2D eigenvalue weighted by molar-refractivity contribution is 0.588. The molecule has 2 rings (SSSR count). The summed E-state index contributed by atoms with van der Waals surface area (Å²) >= 11 is 0. The molecule has 7 heteroatoms. The Morgan fingerprint density at radius 1 is 1.28 bits per heavy atom. The van der Waals surface area contributed by atoms with Crippen molar-refractivity contribution in [3.63, 3.8) is 0 Å². The van der Waals surface area contributed by atoms with Crippen molar-refractivity contribution < 1.29 is 8.42 Å². The molecule has 1 aromatic heterocycles. The van der Waals surface area contributed by atoms with Gasteiger partial charge in [0.05, 0.1) is 11.3 Å². The van der Waals surface area contributed by atoms with Crippen LogP contribution in [0.3, 0.4) is 0 Å². The summed E-state index contributed by atoms with van der Waals surface area (Å²) in [5.41, 5.74) is 0.825. The van der Waals surface area contributed by atoms with Crippen molar-refractivity contribution in [3.05, 3.63) is 30.5 Å². The van der Waals surface area contributed by atoms with E-state index in [0.717, 1.165) is 10.9 Å². The summed E-state index contributed by atoms with van der Waals surface area (Å²) in [6.07, 6.45) is 1.71. The second-order valence-corrected chi connectivity index (χ2v) is 5.75. The monoisotopic (exact) mass is 266 g/mol. The molecular formula is C11H14N4O2S. The van der Waals surface area contributed by atoms with E-state index in [2.05, 4.69) is 20.0 Å². The fraction of sp³-hybridized carbons (Fsp3) is 0.273. The van der Waals surface area contributed by atoms with Crippen LogP contribution in [0.2, 0.25) is 0 Å². The van der Waals surface area contributed by atoms with Crippen LogP contribution in [0, 0.1) is 0 Å². The Morgan fingerprint density at radius 3 is 2.83 bits per heavy atom. The number of nitrogens with zero attached hydrogens (tertiary/aromatic N) is 2. The predicted molar refractivity (Wildman–Crippen MR) is 70.9 cm³/mol. The second-order valence-electron chi connectivity index (χ2n) is 3.70. The van der Waals surface area contributed by atoms with Gasteiger partial charge in [-0.25, -0.2) is 23.1 Å². The number of benzene rings is 1. The van der Waals surface area contributed by atoms with E-state index in [0.29, 0.717) is 5.95 Å².